The molecular weight excluding hydrogens is 222 g/mol. The van der Waals surface area contributed by atoms with Gasteiger partial charge in [-0.15, -0.1) is 0 Å². The lowest BCUT2D eigenvalue weighted by Crippen LogP contribution is -2.20. The fraction of sp³-hybridized carbons (Fsp3) is 0.938. The molecule has 0 saturated carbocycles. The number of hydrogen-bond donors (Lipinski definition) is 1. The van der Waals surface area contributed by atoms with E-state index < -0.39 is 0 Å². The van der Waals surface area contributed by atoms with Crippen LogP contribution >= 0.6 is 0 Å². The molecule has 1 amide bonds. The van der Waals surface area contributed by atoms with Gasteiger partial charge in [0.2, 0.25) is 5.91 Å². The van der Waals surface area contributed by atoms with Gasteiger partial charge in [-0.1, -0.05) is 77.6 Å². The third kappa shape index (κ3) is 15.5. The molecule has 0 aromatic carbocycles. The van der Waals surface area contributed by atoms with Crippen molar-refractivity contribution in [3.63, 3.8) is 0 Å². The molecule has 18 heavy (non-hydrogen) atoms. The first-order chi connectivity index (χ1) is 8.77. The summed E-state index contributed by atoms with van der Waals surface area (Å²) in [6, 6.07) is 0. The maximum absolute atomic E-state index is 10.6. The molecule has 2 nitrogen and oxygen atoms in total. The summed E-state index contributed by atoms with van der Waals surface area (Å²) in [4.78, 5) is 10.6. The second kappa shape index (κ2) is 14.5. The third-order valence-corrected chi connectivity index (χ3v) is 3.40. The van der Waals surface area contributed by atoms with Gasteiger partial charge in [-0.3, -0.25) is 4.79 Å². The Morgan fingerprint density at radius 3 is 1.50 bits per heavy atom. The second-order valence-electron chi connectivity index (χ2n) is 5.37. The summed E-state index contributed by atoms with van der Waals surface area (Å²) in [5.41, 5.74) is 0. The summed E-state index contributed by atoms with van der Waals surface area (Å²) in [6.45, 7) is 4.71. The van der Waals surface area contributed by atoms with E-state index in [1.807, 2.05) is 0 Å². The van der Waals surface area contributed by atoms with Gasteiger partial charge in [0.25, 0.3) is 0 Å². The molecule has 0 unspecified atom stereocenters. The lowest BCUT2D eigenvalue weighted by atomic mass is 10.1. The van der Waals surface area contributed by atoms with E-state index in [0.717, 1.165) is 13.0 Å². The molecule has 0 saturated heterocycles. The summed E-state index contributed by atoms with van der Waals surface area (Å²) < 4.78 is 0. The van der Waals surface area contributed by atoms with Crippen LogP contribution in [0.2, 0.25) is 0 Å². The Kier molecular flexibility index (Phi) is 14.1. The van der Waals surface area contributed by atoms with Gasteiger partial charge in [-0.05, 0) is 6.42 Å². The molecule has 0 rings (SSSR count). The number of carbonyl (C=O) groups is 1. The average Bonchev–Trinajstić information content (AvgIpc) is 2.34. The normalized spacial score (nSPS) is 10.6. The molecule has 0 bridgehead atoms. The summed E-state index contributed by atoms with van der Waals surface area (Å²) in [6.07, 6.45) is 16.4. The Labute approximate surface area is 114 Å². The van der Waals surface area contributed by atoms with Crippen molar-refractivity contribution < 1.29 is 4.79 Å². The number of amides is 1. The van der Waals surface area contributed by atoms with Crippen LogP contribution < -0.4 is 5.32 Å². The van der Waals surface area contributed by atoms with Crippen molar-refractivity contribution in [3.05, 3.63) is 0 Å². The SMILES string of the molecule is CCCCCCCCCCCCCCNC(C)=O. The third-order valence-electron chi connectivity index (χ3n) is 3.40. The van der Waals surface area contributed by atoms with E-state index in [1.54, 1.807) is 6.92 Å². The highest BCUT2D eigenvalue weighted by molar-refractivity contribution is 5.72. The minimum Gasteiger partial charge on any atom is -0.356 e. The molecule has 0 aliphatic carbocycles. The first kappa shape index (κ1) is 17.5. The molecule has 0 heterocycles. The second-order valence-corrected chi connectivity index (χ2v) is 5.37. The standard InChI is InChI=1S/C16H33NO/c1-3-4-5-6-7-8-9-10-11-12-13-14-15-17-16(2)18/h3-15H2,1-2H3,(H,17,18). The zero-order valence-electron chi connectivity index (χ0n) is 12.6. The van der Waals surface area contributed by atoms with E-state index >= 15 is 0 Å². The molecule has 2 heteroatoms. The predicted octanol–water partition coefficient (Wildman–Crippen LogP) is 4.82. The Morgan fingerprint density at radius 1 is 0.722 bits per heavy atom. The fourth-order valence-electron chi connectivity index (χ4n) is 2.23. The van der Waals surface area contributed by atoms with E-state index in [2.05, 4.69) is 12.2 Å². The van der Waals surface area contributed by atoms with Crippen LogP contribution in [-0.4, -0.2) is 12.5 Å². The quantitative estimate of drug-likeness (QED) is 0.469. The lowest BCUT2D eigenvalue weighted by Gasteiger charge is -2.03. The summed E-state index contributed by atoms with van der Waals surface area (Å²) in [5, 5.41) is 2.84. The molecule has 0 aromatic rings. The van der Waals surface area contributed by atoms with Crippen LogP contribution in [0.3, 0.4) is 0 Å². The van der Waals surface area contributed by atoms with Crippen molar-refractivity contribution in [1.82, 2.24) is 5.32 Å². The van der Waals surface area contributed by atoms with E-state index in [0.29, 0.717) is 0 Å². The maximum atomic E-state index is 10.6. The first-order valence-corrected chi connectivity index (χ1v) is 8.01. The average molecular weight is 255 g/mol. The van der Waals surface area contributed by atoms with Gasteiger partial charge in [0.1, 0.15) is 0 Å². The van der Waals surface area contributed by atoms with Gasteiger partial charge in [0.15, 0.2) is 0 Å². The van der Waals surface area contributed by atoms with Crippen molar-refractivity contribution in [2.24, 2.45) is 0 Å². The lowest BCUT2D eigenvalue weighted by molar-refractivity contribution is -0.118. The molecule has 1 N–H and O–H groups in total. The van der Waals surface area contributed by atoms with E-state index in [9.17, 15) is 4.79 Å². The predicted molar refractivity (Wildman–Crippen MR) is 79.8 cm³/mol. The molecule has 0 aliphatic heterocycles. The minimum atomic E-state index is 0.0954. The molecule has 108 valence electrons. The Hall–Kier alpha value is -0.530. The number of nitrogens with one attached hydrogen (secondary N) is 1. The minimum absolute atomic E-state index is 0.0954. The van der Waals surface area contributed by atoms with Crippen molar-refractivity contribution >= 4 is 5.91 Å². The van der Waals surface area contributed by atoms with Crippen molar-refractivity contribution in [3.8, 4) is 0 Å². The monoisotopic (exact) mass is 255 g/mol. The van der Waals surface area contributed by atoms with Crippen molar-refractivity contribution in [1.29, 1.82) is 0 Å². The largest absolute Gasteiger partial charge is 0.356 e. The van der Waals surface area contributed by atoms with Gasteiger partial charge in [-0.2, -0.15) is 0 Å². The van der Waals surface area contributed by atoms with Crippen LogP contribution in [0.4, 0.5) is 0 Å². The summed E-state index contributed by atoms with van der Waals surface area (Å²) in [5.74, 6) is 0.0954. The van der Waals surface area contributed by atoms with Gasteiger partial charge < -0.3 is 5.32 Å². The van der Waals surface area contributed by atoms with Crippen LogP contribution in [0, 0.1) is 0 Å². The van der Waals surface area contributed by atoms with Crippen LogP contribution in [-0.2, 0) is 4.79 Å². The first-order valence-electron chi connectivity index (χ1n) is 8.01. The van der Waals surface area contributed by atoms with Crippen LogP contribution in [0.15, 0.2) is 0 Å². The van der Waals surface area contributed by atoms with E-state index in [4.69, 9.17) is 0 Å². The van der Waals surface area contributed by atoms with Gasteiger partial charge in [0.05, 0.1) is 0 Å². The Bertz CT molecular complexity index is 180. The molecule has 0 aliphatic rings. The molecular formula is C16H33NO. The Morgan fingerprint density at radius 2 is 1.11 bits per heavy atom. The summed E-state index contributed by atoms with van der Waals surface area (Å²) in [7, 11) is 0. The molecule has 0 radical (unpaired) electrons. The topological polar surface area (TPSA) is 29.1 Å². The number of carbonyl (C=O) groups excluding carboxylic acids is 1. The highest BCUT2D eigenvalue weighted by Crippen LogP contribution is 2.11. The number of rotatable bonds is 13. The number of hydrogen-bond acceptors (Lipinski definition) is 1. The van der Waals surface area contributed by atoms with Gasteiger partial charge in [-0.25, -0.2) is 0 Å². The van der Waals surface area contributed by atoms with Crippen molar-refractivity contribution in [2.75, 3.05) is 6.54 Å². The smallest absolute Gasteiger partial charge is 0.216 e. The van der Waals surface area contributed by atoms with Crippen LogP contribution in [0.5, 0.6) is 0 Å². The highest BCUT2D eigenvalue weighted by Gasteiger charge is 1.94. The Balaban J connectivity index is 2.92. The van der Waals surface area contributed by atoms with Crippen LogP contribution in [0.1, 0.15) is 90.9 Å². The zero-order chi connectivity index (χ0) is 13.5. The number of unbranched alkanes of at least 4 members (excludes halogenated alkanes) is 11. The van der Waals surface area contributed by atoms with Gasteiger partial charge in [0, 0.05) is 13.5 Å². The van der Waals surface area contributed by atoms with Crippen molar-refractivity contribution in [2.45, 2.75) is 90.9 Å². The van der Waals surface area contributed by atoms with Crippen LogP contribution in [0.25, 0.3) is 0 Å². The zero-order valence-corrected chi connectivity index (χ0v) is 12.6. The summed E-state index contributed by atoms with van der Waals surface area (Å²) >= 11 is 0. The fourth-order valence-corrected chi connectivity index (χ4v) is 2.23. The molecule has 0 fully saturated rings. The van der Waals surface area contributed by atoms with E-state index in [-0.39, 0.29) is 5.91 Å². The van der Waals surface area contributed by atoms with Gasteiger partial charge >= 0.3 is 0 Å². The van der Waals surface area contributed by atoms with E-state index in [1.165, 1.54) is 70.6 Å². The molecule has 0 aromatic heterocycles. The highest BCUT2D eigenvalue weighted by atomic mass is 16.1. The molecule has 0 spiro atoms. The molecule has 0 atom stereocenters. The maximum Gasteiger partial charge on any atom is 0.216 e.